The van der Waals surface area contributed by atoms with Crippen LogP contribution >= 0.6 is 0 Å². The molecule has 0 saturated carbocycles. The highest BCUT2D eigenvalue weighted by atomic mass is 19.4. The molecule has 1 aliphatic rings. The fraction of sp³-hybridized carbons (Fsp3) is 0.458. The number of hydrogen-bond donors (Lipinski definition) is 1. The molecule has 0 spiro atoms. The topological polar surface area (TPSA) is 69.2 Å². The highest BCUT2D eigenvalue weighted by Crippen LogP contribution is 2.38. The van der Waals surface area contributed by atoms with Crippen LogP contribution in [-0.2, 0) is 10.9 Å². The van der Waals surface area contributed by atoms with Crippen LogP contribution < -0.4 is 10.1 Å². The van der Waals surface area contributed by atoms with Crippen LogP contribution in [0.4, 0.5) is 19.0 Å². The van der Waals surface area contributed by atoms with E-state index < -0.39 is 17.8 Å². The lowest BCUT2D eigenvalue weighted by Crippen LogP contribution is -2.16. The molecule has 9 heteroatoms. The Labute approximate surface area is 190 Å². The molecule has 1 aliphatic heterocycles. The van der Waals surface area contributed by atoms with E-state index in [4.69, 9.17) is 14.5 Å². The number of nitrogens with one attached hydrogen (secondary N) is 1. The highest BCUT2D eigenvalue weighted by Gasteiger charge is 2.33. The maximum Gasteiger partial charge on any atom is 0.416 e. The van der Waals surface area contributed by atoms with Crippen molar-refractivity contribution < 1.29 is 22.6 Å². The molecule has 1 aromatic carbocycles. The Balaban J connectivity index is 1.76. The molecule has 33 heavy (non-hydrogen) atoms. The Hall–Kier alpha value is -2.94. The molecule has 1 fully saturated rings. The number of halogens is 3. The van der Waals surface area contributed by atoms with E-state index in [-0.39, 0.29) is 11.5 Å². The molecular weight excluding hydrogens is 433 g/mol. The van der Waals surface area contributed by atoms with E-state index in [1.165, 1.54) is 13.0 Å². The van der Waals surface area contributed by atoms with Crippen LogP contribution in [-0.4, -0.2) is 35.5 Å². The van der Waals surface area contributed by atoms with E-state index in [1.807, 2.05) is 19.9 Å². The van der Waals surface area contributed by atoms with Crippen molar-refractivity contribution in [3.63, 3.8) is 0 Å². The largest absolute Gasteiger partial charge is 0.481 e. The zero-order chi connectivity index (χ0) is 23.8. The molecule has 176 valence electrons. The average Bonchev–Trinajstić information content (AvgIpc) is 2.80. The minimum absolute atomic E-state index is 0.192. The third kappa shape index (κ3) is 4.59. The van der Waals surface area contributed by atoms with Gasteiger partial charge in [-0.05, 0) is 62.8 Å². The van der Waals surface area contributed by atoms with Gasteiger partial charge >= 0.3 is 6.18 Å². The van der Waals surface area contributed by atoms with Gasteiger partial charge in [-0.25, -0.2) is 4.98 Å². The number of pyridine rings is 1. The zero-order valence-corrected chi connectivity index (χ0v) is 19.1. The summed E-state index contributed by atoms with van der Waals surface area (Å²) >= 11 is 0. The maximum atomic E-state index is 13.4. The average molecular weight is 461 g/mol. The Morgan fingerprint density at radius 2 is 1.88 bits per heavy atom. The molecule has 6 nitrogen and oxygen atoms in total. The van der Waals surface area contributed by atoms with Gasteiger partial charge in [-0.1, -0.05) is 12.1 Å². The summed E-state index contributed by atoms with van der Waals surface area (Å²) in [5.41, 5.74) is 2.38. The van der Waals surface area contributed by atoms with Gasteiger partial charge in [0.15, 0.2) is 5.82 Å². The lowest BCUT2D eigenvalue weighted by Gasteiger charge is -2.25. The van der Waals surface area contributed by atoms with Gasteiger partial charge < -0.3 is 14.8 Å². The van der Waals surface area contributed by atoms with Crippen LogP contribution in [0.25, 0.3) is 10.9 Å². The maximum absolute atomic E-state index is 13.4. The van der Waals surface area contributed by atoms with Crippen LogP contribution in [0.5, 0.6) is 5.88 Å². The number of benzene rings is 1. The van der Waals surface area contributed by atoms with Crippen molar-refractivity contribution in [1.82, 2.24) is 15.2 Å². The van der Waals surface area contributed by atoms with Gasteiger partial charge in [0, 0.05) is 24.2 Å². The molecule has 4 rings (SSSR count). The number of ether oxygens (including phenoxy) is 2. The van der Waals surface area contributed by atoms with Crippen LogP contribution in [0.15, 0.2) is 24.3 Å². The Kier molecular flexibility index (Phi) is 6.43. The SMILES string of the molecule is COc1nc2c(C)nnc(N[C@H](C)c3cccc(C(F)(F)F)c3C)c2cc1C1CCOCC1. The fourth-order valence-electron chi connectivity index (χ4n) is 4.48. The van der Waals surface area contributed by atoms with Crippen molar-refractivity contribution in [1.29, 1.82) is 0 Å². The third-order valence-corrected chi connectivity index (χ3v) is 6.27. The molecule has 1 N–H and O–H groups in total. The standard InChI is InChI=1S/C24H27F3N4O2/c1-13-17(6-5-7-20(13)24(25,26)27)14(2)28-22-19-12-18(16-8-10-33-11-9-16)23(32-4)29-21(19)15(3)30-31-22/h5-7,12,14,16H,8-11H2,1-4H3,(H,28,31)/t14-/m1/s1. The Morgan fingerprint density at radius 1 is 1.15 bits per heavy atom. The van der Waals surface area contributed by atoms with Crippen molar-refractivity contribution in [2.24, 2.45) is 0 Å². The van der Waals surface area contributed by atoms with Crippen molar-refractivity contribution in [2.75, 3.05) is 25.6 Å². The van der Waals surface area contributed by atoms with Gasteiger partial charge in [0.2, 0.25) is 5.88 Å². The summed E-state index contributed by atoms with van der Waals surface area (Å²) in [7, 11) is 1.60. The summed E-state index contributed by atoms with van der Waals surface area (Å²) in [6, 6.07) is 5.82. The first-order valence-electron chi connectivity index (χ1n) is 10.9. The third-order valence-electron chi connectivity index (χ3n) is 6.27. The van der Waals surface area contributed by atoms with Crippen LogP contribution in [0.2, 0.25) is 0 Å². The molecule has 0 aliphatic carbocycles. The van der Waals surface area contributed by atoms with E-state index in [1.54, 1.807) is 13.2 Å². The van der Waals surface area contributed by atoms with Crippen LogP contribution in [0.3, 0.4) is 0 Å². The van der Waals surface area contributed by atoms with Gasteiger partial charge in [-0.3, -0.25) is 0 Å². The Morgan fingerprint density at radius 3 is 2.55 bits per heavy atom. The highest BCUT2D eigenvalue weighted by molar-refractivity contribution is 5.91. The first-order valence-corrected chi connectivity index (χ1v) is 10.9. The summed E-state index contributed by atoms with van der Waals surface area (Å²) in [4.78, 5) is 4.72. The summed E-state index contributed by atoms with van der Waals surface area (Å²) in [5.74, 6) is 1.27. The fourth-order valence-corrected chi connectivity index (χ4v) is 4.48. The number of aryl methyl sites for hydroxylation is 1. The first kappa shape index (κ1) is 23.2. The monoisotopic (exact) mass is 460 g/mol. The van der Waals surface area contributed by atoms with Crippen molar-refractivity contribution in [3.05, 3.63) is 52.2 Å². The zero-order valence-electron chi connectivity index (χ0n) is 19.1. The number of anilines is 1. The normalized spacial score (nSPS) is 16.1. The predicted molar refractivity (Wildman–Crippen MR) is 120 cm³/mol. The second-order valence-electron chi connectivity index (χ2n) is 8.39. The summed E-state index contributed by atoms with van der Waals surface area (Å²) in [6.07, 6.45) is -2.68. The van der Waals surface area contributed by atoms with Gasteiger partial charge in [0.25, 0.3) is 0 Å². The smallest absolute Gasteiger partial charge is 0.416 e. The van der Waals surface area contributed by atoms with E-state index >= 15 is 0 Å². The molecule has 3 heterocycles. The molecule has 1 atom stereocenters. The number of methoxy groups -OCH3 is 1. The second kappa shape index (κ2) is 9.13. The van der Waals surface area contributed by atoms with Crippen molar-refractivity contribution in [2.45, 2.75) is 51.7 Å². The molecule has 3 aromatic rings. The van der Waals surface area contributed by atoms with Gasteiger partial charge in [0.1, 0.15) is 5.52 Å². The van der Waals surface area contributed by atoms with Crippen molar-refractivity contribution >= 4 is 16.7 Å². The lowest BCUT2D eigenvalue weighted by molar-refractivity contribution is -0.138. The number of fused-ring (bicyclic) bond motifs is 1. The predicted octanol–water partition coefficient (Wildman–Crippen LogP) is 5.74. The second-order valence-corrected chi connectivity index (χ2v) is 8.39. The van der Waals surface area contributed by atoms with E-state index in [0.29, 0.717) is 41.7 Å². The molecule has 1 saturated heterocycles. The molecule has 0 unspecified atom stereocenters. The molecule has 2 aromatic heterocycles. The number of nitrogens with zero attached hydrogens (tertiary/aromatic N) is 3. The van der Waals surface area contributed by atoms with Crippen LogP contribution in [0, 0.1) is 13.8 Å². The summed E-state index contributed by atoms with van der Waals surface area (Å²) < 4.78 is 51.3. The number of rotatable bonds is 5. The van der Waals surface area contributed by atoms with Gasteiger partial charge in [0.05, 0.1) is 24.4 Å². The first-order chi connectivity index (χ1) is 15.7. The number of alkyl halides is 3. The number of aromatic nitrogens is 3. The van der Waals surface area contributed by atoms with E-state index in [2.05, 4.69) is 15.5 Å². The lowest BCUT2D eigenvalue weighted by atomic mass is 9.91. The van der Waals surface area contributed by atoms with E-state index in [9.17, 15) is 13.2 Å². The molecular formula is C24H27F3N4O2. The van der Waals surface area contributed by atoms with E-state index in [0.717, 1.165) is 29.9 Å². The quantitative estimate of drug-likeness (QED) is 0.524. The summed E-state index contributed by atoms with van der Waals surface area (Å²) in [6.45, 7) is 6.48. The molecule has 0 amide bonds. The molecule has 0 bridgehead atoms. The van der Waals surface area contributed by atoms with Crippen LogP contribution in [0.1, 0.15) is 59.7 Å². The van der Waals surface area contributed by atoms with Gasteiger partial charge in [-0.15, -0.1) is 5.10 Å². The minimum Gasteiger partial charge on any atom is -0.481 e. The van der Waals surface area contributed by atoms with Crippen molar-refractivity contribution in [3.8, 4) is 5.88 Å². The summed E-state index contributed by atoms with van der Waals surface area (Å²) in [5, 5.41) is 12.6. The van der Waals surface area contributed by atoms with Gasteiger partial charge in [-0.2, -0.15) is 18.3 Å². The number of hydrogen-bond acceptors (Lipinski definition) is 6. The minimum atomic E-state index is -4.41. The molecule has 0 radical (unpaired) electrons. The Bertz CT molecular complexity index is 1160.